The van der Waals surface area contributed by atoms with Crippen LogP contribution in [-0.2, 0) is 6.61 Å². The number of hydrogen-bond donors (Lipinski definition) is 0. The lowest BCUT2D eigenvalue weighted by Gasteiger charge is -2.20. The van der Waals surface area contributed by atoms with Crippen molar-refractivity contribution in [3.05, 3.63) is 65.1 Å². The SMILES string of the molecule is [O-][n+]1ccc(OCc2ccccc2)cc1C1CCCCC1. The Balaban J connectivity index is 1.71. The third-order valence-corrected chi connectivity index (χ3v) is 4.19. The highest BCUT2D eigenvalue weighted by Crippen LogP contribution is 2.32. The molecule has 0 amide bonds. The fourth-order valence-corrected chi connectivity index (χ4v) is 3.01. The summed E-state index contributed by atoms with van der Waals surface area (Å²) in [5.74, 6) is 1.17. The molecule has 1 aliphatic carbocycles. The largest absolute Gasteiger partial charge is 0.618 e. The molecule has 1 aliphatic rings. The van der Waals surface area contributed by atoms with Gasteiger partial charge in [0.25, 0.3) is 0 Å². The Labute approximate surface area is 125 Å². The molecule has 0 aliphatic heterocycles. The van der Waals surface area contributed by atoms with E-state index < -0.39 is 0 Å². The fraction of sp³-hybridized carbons (Fsp3) is 0.389. The molecule has 0 N–H and O–H groups in total. The average Bonchev–Trinajstić information content (AvgIpc) is 2.56. The lowest BCUT2D eigenvalue weighted by Crippen LogP contribution is -2.33. The first-order chi connectivity index (χ1) is 10.3. The molecule has 1 saturated carbocycles. The average molecular weight is 283 g/mol. The van der Waals surface area contributed by atoms with Gasteiger partial charge in [0, 0.05) is 18.1 Å². The molecule has 0 unspecified atom stereocenters. The van der Waals surface area contributed by atoms with Crippen molar-refractivity contribution >= 4 is 0 Å². The molecule has 0 atom stereocenters. The Kier molecular flexibility index (Phi) is 4.39. The Morgan fingerprint density at radius 1 is 1.05 bits per heavy atom. The van der Waals surface area contributed by atoms with Gasteiger partial charge in [0.2, 0.25) is 0 Å². The van der Waals surface area contributed by atoms with Crippen LogP contribution in [0.15, 0.2) is 48.7 Å². The van der Waals surface area contributed by atoms with E-state index in [-0.39, 0.29) is 0 Å². The van der Waals surface area contributed by atoms with E-state index in [0.717, 1.165) is 34.6 Å². The zero-order valence-electron chi connectivity index (χ0n) is 12.2. The highest BCUT2D eigenvalue weighted by molar-refractivity contribution is 5.23. The fourth-order valence-electron chi connectivity index (χ4n) is 3.01. The van der Waals surface area contributed by atoms with Crippen LogP contribution in [0.3, 0.4) is 0 Å². The van der Waals surface area contributed by atoms with Crippen molar-refractivity contribution in [2.45, 2.75) is 44.6 Å². The molecule has 3 heteroatoms. The summed E-state index contributed by atoms with van der Waals surface area (Å²) in [7, 11) is 0. The standard InChI is InChI=1S/C18H21NO2/c20-19-12-11-17(21-14-15-7-3-1-4-8-15)13-18(19)16-9-5-2-6-10-16/h1,3-4,7-8,11-13,16H,2,5-6,9-10,14H2. The first-order valence-electron chi connectivity index (χ1n) is 7.73. The normalized spacial score (nSPS) is 15.8. The van der Waals surface area contributed by atoms with Crippen molar-refractivity contribution in [3.8, 4) is 5.75 Å². The molecule has 0 saturated heterocycles. The molecule has 3 nitrogen and oxygen atoms in total. The molecule has 110 valence electrons. The Bertz CT molecular complexity index is 577. The summed E-state index contributed by atoms with van der Waals surface area (Å²) in [4.78, 5) is 0. The minimum Gasteiger partial charge on any atom is -0.618 e. The molecular formula is C18H21NO2. The van der Waals surface area contributed by atoms with E-state index in [9.17, 15) is 5.21 Å². The van der Waals surface area contributed by atoms with Gasteiger partial charge in [-0.25, -0.2) is 0 Å². The van der Waals surface area contributed by atoms with Crippen LogP contribution in [0, 0.1) is 5.21 Å². The number of nitrogens with zero attached hydrogens (tertiary/aromatic N) is 1. The molecule has 1 fully saturated rings. The molecule has 2 aromatic rings. The molecule has 1 aromatic heterocycles. The van der Waals surface area contributed by atoms with Crippen LogP contribution >= 0.6 is 0 Å². The van der Waals surface area contributed by atoms with E-state index in [1.807, 2.05) is 36.4 Å². The van der Waals surface area contributed by atoms with Crippen LogP contribution in [0.4, 0.5) is 0 Å². The van der Waals surface area contributed by atoms with Gasteiger partial charge in [-0.3, -0.25) is 0 Å². The molecule has 0 radical (unpaired) electrons. The maximum Gasteiger partial charge on any atom is 0.199 e. The predicted octanol–water partition coefficient (Wildman–Crippen LogP) is 3.95. The van der Waals surface area contributed by atoms with E-state index in [2.05, 4.69) is 0 Å². The van der Waals surface area contributed by atoms with Crippen LogP contribution in [0.5, 0.6) is 5.75 Å². The van der Waals surface area contributed by atoms with E-state index in [1.165, 1.54) is 19.3 Å². The van der Waals surface area contributed by atoms with Crippen LogP contribution in [0.25, 0.3) is 0 Å². The second-order valence-corrected chi connectivity index (χ2v) is 5.72. The molecule has 0 bridgehead atoms. The molecule has 1 heterocycles. The minimum atomic E-state index is 0.386. The summed E-state index contributed by atoms with van der Waals surface area (Å²) >= 11 is 0. The molecule has 3 rings (SSSR count). The second-order valence-electron chi connectivity index (χ2n) is 5.72. The van der Waals surface area contributed by atoms with Crippen molar-refractivity contribution in [3.63, 3.8) is 0 Å². The summed E-state index contributed by atoms with van der Waals surface area (Å²) in [5, 5.41) is 12.0. The third-order valence-electron chi connectivity index (χ3n) is 4.19. The van der Waals surface area contributed by atoms with Crippen molar-refractivity contribution < 1.29 is 9.47 Å². The summed E-state index contributed by atoms with van der Waals surface area (Å²) in [6, 6.07) is 13.8. The van der Waals surface area contributed by atoms with Crippen LogP contribution in [0.1, 0.15) is 49.3 Å². The maximum absolute atomic E-state index is 12.0. The van der Waals surface area contributed by atoms with Gasteiger partial charge in [0.1, 0.15) is 12.4 Å². The van der Waals surface area contributed by atoms with Gasteiger partial charge in [-0.2, -0.15) is 4.73 Å². The van der Waals surface area contributed by atoms with Gasteiger partial charge < -0.3 is 9.94 Å². The van der Waals surface area contributed by atoms with Gasteiger partial charge in [-0.1, -0.05) is 49.6 Å². The lowest BCUT2D eigenvalue weighted by molar-refractivity contribution is -0.616. The van der Waals surface area contributed by atoms with E-state index in [0.29, 0.717) is 12.5 Å². The molecular weight excluding hydrogens is 262 g/mol. The van der Waals surface area contributed by atoms with Crippen molar-refractivity contribution in [1.29, 1.82) is 0 Å². The van der Waals surface area contributed by atoms with Crippen molar-refractivity contribution in [2.75, 3.05) is 0 Å². The van der Waals surface area contributed by atoms with E-state index in [1.54, 1.807) is 12.3 Å². The number of pyridine rings is 1. The zero-order chi connectivity index (χ0) is 14.5. The van der Waals surface area contributed by atoms with Gasteiger partial charge in [-0.05, 0) is 18.4 Å². The summed E-state index contributed by atoms with van der Waals surface area (Å²) in [6.45, 7) is 0.536. The Morgan fingerprint density at radius 2 is 1.81 bits per heavy atom. The second kappa shape index (κ2) is 6.61. The highest BCUT2D eigenvalue weighted by Gasteiger charge is 2.23. The number of ether oxygens (including phenoxy) is 1. The monoisotopic (exact) mass is 283 g/mol. The highest BCUT2D eigenvalue weighted by atomic mass is 16.5. The third kappa shape index (κ3) is 3.54. The Hall–Kier alpha value is -2.03. The summed E-state index contributed by atoms with van der Waals surface area (Å²) < 4.78 is 6.83. The Morgan fingerprint density at radius 3 is 2.57 bits per heavy atom. The van der Waals surface area contributed by atoms with Gasteiger partial charge in [0.05, 0.1) is 0 Å². The first kappa shape index (κ1) is 13.9. The van der Waals surface area contributed by atoms with Gasteiger partial charge >= 0.3 is 0 Å². The topological polar surface area (TPSA) is 36.2 Å². The van der Waals surface area contributed by atoms with Gasteiger partial charge in [-0.15, -0.1) is 0 Å². The van der Waals surface area contributed by atoms with Crippen molar-refractivity contribution in [1.82, 2.24) is 0 Å². The van der Waals surface area contributed by atoms with Crippen LogP contribution in [0.2, 0.25) is 0 Å². The molecule has 0 spiro atoms. The van der Waals surface area contributed by atoms with E-state index in [4.69, 9.17) is 4.74 Å². The van der Waals surface area contributed by atoms with Crippen LogP contribution in [-0.4, -0.2) is 0 Å². The maximum atomic E-state index is 12.0. The number of hydrogen-bond acceptors (Lipinski definition) is 2. The smallest absolute Gasteiger partial charge is 0.199 e. The van der Waals surface area contributed by atoms with Crippen molar-refractivity contribution in [2.24, 2.45) is 0 Å². The summed E-state index contributed by atoms with van der Waals surface area (Å²) in [5.41, 5.74) is 2.00. The first-order valence-corrected chi connectivity index (χ1v) is 7.73. The number of rotatable bonds is 4. The number of aromatic nitrogens is 1. The lowest BCUT2D eigenvalue weighted by atomic mass is 9.86. The van der Waals surface area contributed by atoms with Crippen LogP contribution < -0.4 is 9.47 Å². The molecule has 21 heavy (non-hydrogen) atoms. The molecule has 1 aromatic carbocycles. The zero-order valence-corrected chi connectivity index (χ0v) is 12.2. The quantitative estimate of drug-likeness (QED) is 0.629. The number of benzene rings is 1. The predicted molar refractivity (Wildman–Crippen MR) is 82.0 cm³/mol. The minimum absolute atomic E-state index is 0.386. The van der Waals surface area contributed by atoms with E-state index >= 15 is 0 Å². The summed E-state index contributed by atoms with van der Waals surface area (Å²) in [6.07, 6.45) is 7.54. The van der Waals surface area contributed by atoms with Gasteiger partial charge in [0.15, 0.2) is 11.9 Å².